The molecule has 0 spiro atoms. The Balaban J connectivity index is 1.76. The van der Waals surface area contributed by atoms with Crippen molar-refractivity contribution in [1.29, 1.82) is 0 Å². The first-order chi connectivity index (χ1) is 8.08. The molecule has 0 radical (unpaired) electrons. The Morgan fingerprint density at radius 2 is 2.00 bits per heavy atom. The largest absolute Gasteiger partial charge is 0.388 e. The van der Waals surface area contributed by atoms with Crippen LogP contribution in [0.1, 0.15) is 6.42 Å². The van der Waals surface area contributed by atoms with Crippen molar-refractivity contribution < 1.29 is 19.8 Å². The number of thioether (sulfide) groups is 1. The molecule has 17 heavy (non-hydrogen) atoms. The fourth-order valence-corrected chi connectivity index (χ4v) is 2.84. The van der Waals surface area contributed by atoms with Gasteiger partial charge in [0, 0.05) is 38.4 Å². The second kappa shape index (κ2) is 5.24. The zero-order chi connectivity index (χ0) is 12.4. The van der Waals surface area contributed by atoms with Crippen LogP contribution in [0.5, 0.6) is 0 Å². The van der Waals surface area contributed by atoms with Gasteiger partial charge in [-0.05, 0) is 0 Å². The van der Waals surface area contributed by atoms with Crippen molar-refractivity contribution in [1.82, 2.24) is 9.80 Å². The molecule has 0 aromatic heterocycles. The van der Waals surface area contributed by atoms with Crippen LogP contribution in [0.2, 0.25) is 0 Å². The van der Waals surface area contributed by atoms with E-state index in [1.54, 1.807) is 4.90 Å². The molecule has 2 N–H and O–H groups in total. The molecule has 0 aliphatic carbocycles. The minimum Gasteiger partial charge on any atom is -0.388 e. The maximum atomic E-state index is 11.8. The van der Waals surface area contributed by atoms with Crippen molar-refractivity contribution in [3.63, 3.8) is 0 Å². The number of nitrogens with zero attached hydrogens (tertiary/aromatic N) is 2. The van der Waals surface area contributed by atoms with Crippen LogP contribution in [0.4, 0.5) is 4.79 Å². The number of carbonyl (C=O) groups excluding carboxylic acids is 2. The predicted molar refractivity (Wildman–Crippen MR) is 62.6 cm³/mol. The molecule has 7 heteroatoms. The molecule has 96 valence electrons. The SMILES string of the molecule is O=C(CCN1CCSC1=O)N1CC(O)C(O)C1. The van der Waals surface area contributed by atoms with Crippen LogP contribution in [-0.4, -0.2) is 75.3 Å². The number of carbonyl (C=O) groups is 2. The zero-order valence-corrected chi connectivity index (χ0v) is 10.2. The molecular weight excluding hydrogens is 244 g/mol. The van der Waals surface area contributed by atoms with E-state index in [1.807, 2.05) is 0 Å². The summed E-state index contributed by atoms with van der Waals surface area (Å²) in [5.41, 5.74) is 0. The molecule has 6 nitrogen and oxygen atoms in total. The molecule has 2 fully saturated rings. The molecule has 2 aliphatic heterocycles. The van der Waals surface area contributed by atoms with Gasteiger partial charge in [-0.1, -0.05) is 11.8 Å². The smallest absolute Gasteiger partial charge is 0.281 e. The Hall–Kier alpha value is -0.790. The van der Waals surface area contributed by atoms with Crippen LogP contribution in [0, 0.1) is 0 Å². The van der Waals surface area contributed by atoms with Gasteiger partial charge in [-0.3, -0.25) is 9.59 Å². The van der Waals surface area contributed by atoms with E-state index in [1.165, 1.54) is 16.7 Å². The van der Waals surface area contributed by atoms with Crippen LogP contribution in [0.25, 0.3) is 0 Å². The highest BCUT2D eigenvalue weighted by atomic mass is 32.2. The first kappa shape index (κ1) is 12.7. The van der Waals surface area contributed by atoms with Crippen molar-refractivity contribution in [3.8, 4) is 0 Å². The maximum absolute atomic E-state index is 11.8. The van der Waals surface area contributed by atoms with Gasteiger partial charge >= 0.3 is 0 Å². The van der Waals surface area contributed by atoms with E-state index in [-0.39, 0.29) is 30.7 Å². The highest BCUT2D eigenvalue weighted by molar-refractivity contribution is 8.13. The van der Waals surface area contributed by atoms with Crippen LogP contribution < -0.4 is 0 Å². The summed E-state index contributed by atoms with van der Waals surface area (Å²) in [5, 5.41) is 18.7. The Morgan fingerprint density at radius 1 is 1.35 bits per heavy atom. The van der Waals surface area contributed by atoms with Gasteiger partial charge < -0.3 is 20.0 Å². The van der Waals surface area contributed by atoms with Gasteiger partial charge in [-0.25, -0.2) is 0 Å². The van der Waals surface area contributed by atoms with Gasteiger partial charge in [0.05, 0.1) is 12.2 Å². The molecular formula is C10H16N2O4S. The summed E-state index contributed by atoms with van der Waals surface area (Å²) in [4.78, 5) is 26.2. The van der Waals surface area contributed by atoms with Gasteiger partial charge in [-0.15, -0.1) is 0 Å². The van der Waals surface area contributed by atoms with Gasteiger partial charge in [0.15, 0.2) is 0 Å². The third-order valence-corrected chi connectivity index (χ3v) is 3.94. The van der Waals surface area contributed by atoms with E-state index in [0.717, 1.165) is 5.75 Å². The van der Waals surface area contributed by atoms with Gasteiger partial charge in [0.1, 0.15) is 0 Å². The summed E-state index contributed by atoms with van der Waals surface area (Å²) in [6.45, 7) is 1.49. The van der Waals surface area contributed by atoms with E-state index in [4.69, 9.17) is 0 Å². The lowest BCUT2D eigenvalue weighted by Gasteiger charge is -2.18. The second-order valence-electron chi connectivity index (χ2n) is 4.28. The molecule has 2 saturated heterocycles. The number of rotatable bonds is 3. The van der Waals surface area contributed by atoms with Crippen LogP contribution in [0.3, 0.4) is 0 Å². The Morgan fingerprint density at radius 3 is 2.53 bits per heavy atom. The molecule has 0 bridgehead atoms. The Bertz CT molecular complexity index is 315. The molecule has 2 amide bonds. The monoisotopic (exact) mass is 260 g/mol. The number of amides is 2. The molecule has 0 saturated carbocycles. The lowest BCUT2D eigenvalue weighted by Crippen LogP contribution is -2.34. The van der Waals surface area contributed by atoms with Gasteiger partial charge in [-0.2, -0.15) is 0 Å². The molecule has 0 aromatic rings. The average molecular weight is 260 g/mol. The van der Waals surface area contributed by atoms with E-state index in [9.17, 15) is 19.8 Å². The minimum absolute atomic E-state index is 0.0271. The second-order valence-corrected chi connectivity index (χ2v) is 5.33. The summed E-state index contributed by atoms with van der Waals surface area (Å²) in [6.07, 6.45) is -1.43. The first-order valence-corrected chi connectivity index (χ1v) is 6.62. The summed E-state index contributed by atoms with van der Waals surface area (Å²) >= 11 is 1.27. The first-order valence-electron chi connectivity index (χ1n) is 5.63. The third kappa shape index (κ3) is 2.91. The lowest BCUT2D eigenvalue weighted by atomic mass is 10.3. The van der Waals surface area contributed by atoms with E-state index >= 15 is 0 Å². The van der Waals surface area contributed by atoms with Gasteiger partial charge in [0.25, 0.3) is 5.24 Å². The average Bonchev–Trinajstić information content (AvgIpc) is 2.83. The van der Waals surface area contributed by atoms with E-state index < -0.39 is 12.2 Å². The number of hydrogen-bond acceptors (Lipinski definition) is 5. The number of aliphatic hydroxyl groups excluding tert-OH is 2. The maximum Gasteiger partial charge on any atom is 0.281 e. The quantitative estimate of drug-likeness (QED) is 0.688. The summed E-state index contributed by atoms with van der Waals surface area (Å²) in [7, 11) is 0. The molecule has 2 unspecified atom stereocenters. The van der Waals surface area contributed by atoms with Gasteiger partial charge in [0.2, 0.25) is 5.91 Å². The van der Waals surface area contributed by atoms with Crippen LogP contribution >= 0.6 is 11.8 Å². The Kier molecular flexibility index (Phi) is 3.90. The number of hydrogen-bond donors (Lipinski definition) is 2. The Labute approximate surface area is 104 Å². The van der Waals surface area contributed by atoms with Crippen molar-refractivity contribution in [2.75, 3.05) is 31.9 Å². The lowest BCUT2D eigenvalue weighted by molar-refractivity contribution is -0.130. The fourth-order valence-electron chi connectivity index (χ4n) is 1.99. The molecule has 2 heterocycles. The number of aliphatic hydroxyl groups is 2. The number of β-amino-alcohol motifs (C(OH)–C–C–N with tert-alkyl or cyclic N) is 2. The van der Waals surface area contributed by atoms with Crippen molar-refractivity contribution >= 4 is 22.9 Å². The molecule has 0 aromatic carbocycles. The minimum atomic E-state index is -0.845. The molecule has 2 aliphatic rings. The molecule has 2 rings (SSSR count). The topological polar surface area (TPSA) is 81.1 Å². The van der Waals surface area contributed by atoms with Crippen LogP contribution in [0.15, 0.2) is 0 Å². The summed E-state index contributed by atoms with van der Waals surface area (Å²) < 4.78 is 0. The molecule has 2 atom stereocenters. The fraction of sp³-hybridized carbons (Fsp3) is 0.800. The van der Waals surface area contributed by atoms with E-state index in [0.29, 0.717) is 13.1 Å². The third-order valence-electron chi connectivity index (χ3n) is 3.05. The van der Waals surface area contributed by atoms with E-state index in [2.05, 4.69) is 0 Å². The van der Waals surface area contributed by atoms with Crippen molar-refractivity contribution in [2.45, 2.75) is 18.6 Å². The normalized spacial score (nSPS) is 29.2. The highest BCUT2D eigenvalue weighted by Gasteiger charge is 2.32. The van der Waals surface area contributed by atoms with Crippen molar-refractivity contribution in [3.05, 3.63) is 0 Å². The summed E-state index contributed by atoms with van der Waals surface area (Å²) in [6, 6.07) is 0. The number of likely N-dealkylation sites (tertiary alicyclic amines) is 1. The zero-order valence-electron chi connectivity index (χ0n) is 9.41. The van der Waals surface area contributed by atoms with Crippen molar-refractivity contribution in [2.24, 2.45) is 0 Å². The standard InChI is InChI=1S/C10H16N2O4S/c13-7-5-12(6-8(7)14)9(15)1-2-11-3-4-17-10(11)16/h7-8,13-14H,1-6H2. The summed E-state index contributed by atoms with van der Waals surface area (Å²) in [5.74, 6) is 0.666. The van der Waals surface area contributed by atoms with Crippen LogP contribution in [-0.2, 0) is 4.79 Å². The highest BCUT2D eigenvalue weighted by Crippen LogP contribution is 2.18. The predicted octanol–water partition coefficient (Wildman–Crippen LogP) is -0.891.